The van der Waals surface area contributed by atoms with E-state index < -0.39 is 26.0 Å². The summed E-state index contributed by atoms with van der Waals surface area (Å²) in [4.78, 5) is 11.3. The Balaban J connectivity index is 1.92. The third-order valence-corrected chi connectivity index (χ3v) is 7.63. The van der Waals surface area contributed by atoms with Crippen molar-refractivity contribution in [3.63, 3.8) is 0 Å². The summed E-state index contributed by atoms with van der Waals surface area (Å²) in [5.41, 5.74) is 0.0439. The van der Waals surface area contributed by atoms with Crippen LogP contribution in [0.5, 0.6) is 11.5 Å². The number of carbonyl (C=O) groups excluding carboxylic acids is 1. The third-order valence-electron chi connectivity index (χ3n) is 4.39. The Morgan fingerprint density at radius 1 is 1.03 bits per heavy atom. The van der Waals surface area contributed by atoms with E-state index in [0.717, 1.165) is 4.31 Å². The molecule has 1 aliphatic rings. The lowest BCUT2D eigenvalue weighted by Crippen LogP contribution is -2.49. The predicted molar refractivity (Wildman–Crippen MR) is 109 cm³/mol. The standard InChI is InChI=1S/C18H21N3O7S2/c1-27-14-6-7-16(28-2)17(11-14)29(23,24)20-13-4-3-5-15(10-13)30(25,26)21-9-8-19-18(22)12-21/h3-7,10-11,20H,8-9,12H2,1-2H3,(H,19,22). The van der Waals surface area contributed by atoms with Crippen molar-refractivity contribution in [2.45, 2.75) is 9.79 Å². The Morgan fingerprint density at radius 2 is 1.80 bits per heavy atom. The number of sulfonamides is 2. The zero-order valence-corrected chi connectivity index (χ0v) is 17.9. The zero-order chi connectivity index (χ0) is 21.9. The van der Waals surface area contributed by atoms with Crippen LogP contribution < -0.4 is 19.5 Å². The zero-order valence-electron chi connectivity index (χ0n) is 16.3. The smallest absolute Gasteiger partial charge is 0.265 e. The molecule has 0 bridgehead atoms. The SMILES string of the molecule is COc1ccc(OC)c(S(=O)(=O)Nc2cccc(S(=O)(=O)N3CCNC(=O)C3)c2)c1. The topological polar surface area (TPSA) is 131 Å². The minimum absolute atomic E-state index is 0.0439. The molecule has 12 heteroatoms. The first-order chi connectivity index (χ1) is 14.2. The van der Waals surface area contributed by atoms with Crippen LogP contribution in [0.2, 0.25) is 0 Å². The molecule has 1 saturated heterocycles. The Morgan fingerprint density at radius 3 is 2.47 bits per heavy atom. The molecule has 0 aliphatic carbocycles. The van der Waals surface area contributed by atoms with Gasteiger partial charge in [-0.25, -0.2) is 16.8 Å². The van der Waals surface area contributed by atoms with Crippen molar-refractivity contribution in [1.29, 1.82) is 0 Å². The Kier molecular flexibility index (Phi) is 6.19. The van der Waals surface area contributed by atoms with Crippen LogP contribution in [0.15, 0.2) is 52.3 Å². The van der Waals surface area contributed by atoms with E-state index in [2.05, 4.69) is 10.0 Å². The first kappa shape index (κ1) is 21.9. The van der Waals surface area contributed by atoms with Crippen LogP contribution in [0.4, 0.5) is 5.69 Å². The van der Waals surface area contributed by atoms with Crippen molar-refractivity contribution in [2.24, 2.45) is 0 Å². The summed E-state index contributed by atoms with van der Waals surface area (Å²) >= 11 is 0. The maximum Gasteiger partial charge on any atom is 0.265 e. The molecule has 2 aromatic carbocycles. The van der Waals surface area contributed by atoms with Gasteiger partial charge in [0.1, 0.15) is 16.4 Å². The van der Waals surface area contributed by atoms with E-state index in [1.54, 1.807) is 6.07 Å². The van der Waals surface area contributed by atoms with Crippen LogP contribution in [0.3, 0.4) is 0 Å². The monoisotopic (exact) mass is 455 g/mol. The molecule has 0 radical (unpaired) electrons. The van der Waals surface area contributed by atoms with E-state index in [0.29, 0.717) is 5.75 Å². The molecule has 2 N–H and O–H groups in total. The van der Waals surface area contributed by atoms with Gasteiger partial charge in [0, 0.05) is 19.2 Å². The number of benzene rings is 2. The van der Waals surface area contributed by atoms with Gasteiger partial charge >= 0.3 is 0 Å². The van der Waals surface area contributed by atoms with Crippen LogP contribution in [-0.4, -0.2) is 60.9 Å². The van der Waals surface area contributed by atoms with Crippen LogP contribution in [0, 0.1) is 0 Å². The van der Waals surface area contributed by atoms with Crippen molar-refractivity contribution in [3.05, 3.63) is 42.5 Å². The highest BCUT2D eigenvalue weighted by atomic mass is 32.2. The van der Waals surface area contributed by atoms with Gasteiger partial charge in [0.25, 0.3) is 10.0 Å². The van der Waals surface area contributed by atoms with E-state index in [9.17, 15) is 21.6 Å². The van der Waals surface area contributed by atoms with Crippen molar-refractivity contribution in [3.8, 4) is 11.5 Å². The molecule has 0 saturated carbocycles. The van der Waals surface area contributed by atoms with Gasteiger partial charge < -0.3 is 14.8 Å². The van der Waals surface area contributed by atoms with Crippen LogP contribution in [0.25, 0.3) is 0 Å². The second-order valence-corrected chi connectivity index (χ2v) is 9.93. The number of carbonyl (C=O) groups is 1. The largest absolute Gasteiger partial charge is 0.497 e. The third kappa shape index (κ3) is 4.50. The van der Waals surface area contributed by atoms with Gasteiger partial charge in [-0.1, -0.05) is 6.07 Å². The number of rotatable bonds is 7. The highest BCUT2D eigenvalue weighted by Gasteiger charge is 2.29. The van der Waals surface area contributed by atoms with Crippen LogP contribution in [-0.2, 0) is 24.8 Å². The summed E-state index contributed by atoms with van der Waals surface area (Å²) in [6.07, 6.45) is 0. The number of hydrogen-bond donors (Lipinski definition) is 2. The van der Waals surface area contributed by atoms with Gasteiger partial charge in [-0.05, 0) is 30.3 Å². The van der Waals surface area contributed by atoms with Crippen LogP contribution in [0.1, 0.15) is 0 Å². The number of ether oxygens (including phenoxy) is 2. The van der Waals surface area contributed by atoms with Crippen molar-refractivity contribution in [2.75, 3.05) is 38.6 Å². The van der Waals surface area contributed by atoms with Gasteiger partial charge in [-0.2, -0.15) is 4.31 Å². The minimum atomic E-state index is -4.11. The lowest BCUT2D eigenvalue weighted by Gasteiger charge is -2.26. The molecule has 1 fully saturated rings. The molecule has 3 rings (SSSR count). The molecule has 0 aromatic heterocycles. The van der Waals surface area contributed by atoms with Gasteiger partial charge in [0.15, 0.2) is 0 Å². The minimum Gasteiger partial charge on any atom is -0.497 e. The number of piperazine rings is 1. The lowest BCUT2D eigenvalue weighted by molar-refractivity contribution is -0.122. The fraction of sp³-hybridized carbons (Fsp3) is 0.278. The molecule has 1 aliphatic heterocycles. The number of methoxy groups -OCH3 is 2. The average molecular weight is 456 g/mol. The molecule has 1 amide bonds. The number of nitrogens with one attached hydrogen (secondary N) is 2. The molecule has 2 aromatic rings. The molecule has 10 nitrogen and oxygen atoms in total. The van der Waals surface area contributed by atoms with Crippen molar-refractivity contribution in [1.82, 2.24) is 9.62 Å². The van der Waals surface area contributed by atoms with E-state index >= 15 is 0 Å². The van der Waals surface area contributed by atoms with Crippen molar-refractivity contribution < 1.29 is 31.1 Å². The van der Waals surface area contributed by atoms with E-state index in [1.165, 1.54) is 50.6 Å². The lowest BCUT2D eigenvalue weighted by atomic mass is 10.3. The number of amides is 1. The van der Waals surface area contributed by atoms with E-state index in [4.69, 9.17) is 9.47 Å². The molecule has 0 atom stereocenters. The molecular formula is C18H21N3O7S2. The first-order valence-electron chi connectivity index (χ1n) is 8.79. The fourth-order valence-electron chi connectivity index (χ4n) is 2.89. The Labute approximate surface area is 174 Å². The summed E-state index contributed by atoms with van der Waals surface area (Å²) in [5, 5.41) is 2.56. The second kappa shape index (κ2) is 8.50. The molecule has 162 valence electrons. The molecule has 0 spiro atoms. The highest BCUT2D eigenvalue weighted by Crippen LogP contribution is 2.30. The summed E-state index contributed by atoms with van der Waals surface area (Å²) in [5.74, 6) is 0.0223. The Bertz CT molecular complexity index is 1160. The fourth-order valence-corrected chi connectivity index (χ4v) is 5.57. The van der Waals surface area contributed by atoms with E-state index in [-0.39, 0.29) is 40.9 Å². The number of hydrogen-bond acceptors (Lipinski definition) is 7. The quantitative estimate of drug-likeness (QED) is 0.626. The normalized spacial score (nSPS) is 15.3. The predicted octanol–water partition coefficient (Wildman–Crippen LogP) is 0.625. The maximum absolute atomic E-state index is 12.9. The maximum atomic E-state index is 12.9. The van der Waals surface area contributed by atoms with Gasteiger partial charge in [0.2, 0.25) is 15.9 Å². The summed E-state index contributed by atoms with van der Waals surface area (Å²) in [6, 6.07) is 9.69. The van der Waals surface area contributed by atoms with Gasteiger partial charge in [0.05, 0.1) is 31.3 Å². The van der Waals surface area contributed by atoms with Gasteiger partial charge in [-0.3, -0.25) is 9.52 Å². The van der Waals surface area contributed by atoms with Crippen LogP contribution >= 0.6 is 0 Å². The summed E-state index contributed by atoms with van der Waals surface area (Å²) in [6.45, 7) is 0.0460. The van der Waals surface area contributed by atoms with E-state index in [1.807, 2.05) is 0 Å². The highest BCUT2D eigenvalue weighted by molar-refractivity contribution is 7.92. The molecule has 0 unspecified atom stereocenters. The second-order valence-electron chi connectivity index (χ2n) is 6.34. The number of anilines is 1. The Hall–Kier alpha value is -2.83. The van der Waals surface area contributed by atoms with Crippen molar-refractivity contribution >= 4 is 31.6 Å². The summed E-state index contributed by atoms with van der Waals surface area (Å²) in [7, 11) is -5.34. The first-order valence-corrected chi connectivity index (χ1v) is 11.7. The van der Waals surface area contributed by atoms with Gasteiger partial charge in [-0.15, -0.1) is 0 Å². The molecule has 30 heavy (non-hydrogen) atoms. The average Bonchev–Trinajstić information content (AvgIpc) is 2.73. The molecular weight excluding hydrogens is 434 g/mol. The summed E-state index contributed by atoms with van der Waals surface area (Å²) < 4.78 is 65.1. The molecule has 1 heterocycles. The number of nitrogens with zero attached hydrogens (tertiary/aromatic N) is 1.